The largest absolute Gasteiger partial charge is 0.264 e. The molecule has 10 heavy (non-hydrogen) atoms. The second-order valence-corrected chi connectivity index (χ2v) is 1.85. The van der Waals surface area contributed by atoms with Crippen LogP contribution in [0.25, 0.3) is 0 Å². The van der Waals surface area contributed by atoms with E-state index in [4.69, 9.17) is 0 Å². The molecule has 0 aliphatic carbocycles. The molecule has 1 heteroatoms. The van der Waals surface area contributed by atoms with Crippen molar-refractivity contribution in [2.45, 2.75) is 13.3 Å². The maximum absolute atomic E-state index is 3.96. The van der Waals surface area contributed by atoms with Crippen LogP contribution in [0.2, 0.25) is 0 Å². The smallest absolute Gasteiger partial charge is 0.0333 e. The fraction of sp³-hybridized carbons (Fsp3) is 0.222. The summed E-state index contributed by atoms with van der Waals surface area (Å²) in [6.07, 6.45) is 8.10. The summed E-state index contributed by atoms with van der Waals surface area (Å²) in [7, 11) is 0. The van der Waals surface area contributed by atoms with Crippen molar-refractivity contribution in [3.05, 3.63) is 37.1 Å². The number of rotatable bonds is 4. The Morgan fingerprint density at radius 3 is 2.80 bits per heavy atom. The molecule has 0 bridgehead atoms. The molecule has 0 aliphatic rings. The predicted molar refractivity (Wildman–Crippen MR) is 47.3 cm³/mol. The SMILES string of the molecule is C=CC(=C)C=N/C=C\CC. The van der Waals surface area contributed by atoms with Gasteiger partial charge in [0, 0.05) is 12.4 Å². The van der Waals surface area contributed by atoms with Crippen molar-refractivity contribution in [3.63, 3.8) is 0 Å². The minimum Gasteiger partial charge on any atom is -0.264 e. The molecule has 0 aromatic carbocycles. The summed E-state index contributed by atoms with van der Waals surface area (Å²) < 4.78 is 0. The summed E-state index contributed by atoms with van der Waals surface area (Å²) in [5.41, 5.74) is 0.834. The van der Waals surface area contributed by atoms with Crippen molar-refractivity contribution >= 4 is 6.21 Å². The summed E-state index contributed by atoms with van der Waals surface area (Å²) in [5, 5.41) is 0. The van der Waals surface area contributed by atoms with E-state index in [1.165, 1.54) is 0 Å². The quantitative estimate of drug-likeness (QED) is 0.415. The summed E-state index contributed by atoms with van der Waals surface area (Å²) in [4.78, 5) is 3.96. The van der Waals surface area contributed by atoms with Gasteiger partial charge in [-0.25, -0.2) is 0 Å². The lowest BCUT2D eigenvalue weighted by atomic mass is 10.3. The summed E-state index contributed by atoms with van der Waals surface area (Å²) in [5.74, 6) is 0. The molecule has 0 N–H and O–H groups in total. The fourth-order valence-electron chi connectivity index (χ4n) is 0.358. The highest BCUT2D eigenvalue weighted by atomic mass is 14.7. The van der Waals surface area contributed by atoms with Crippen molar-refractivity contribution in [3.8, 4) is 0 Å². The standard InChI is InChI=1S/C9H13N/c1-4-6-7-10-8-9(3)5-2/h5-8H,2-4H2,1H3/b7-6-,10-8?. The Kier molecular flexibility index (Phi) is 5.35. The maximum Gasteiger partial charge on any atom is 0.0333 e. The summed E-state index contributed by atoms with van der Waals surface area (Å²) in [6.45, 7) is 9.28. The van der Waals surface area contributed by atoms with E-state index in [9.17, 15) is 0 Å². The highest BCUT2D eigenvalue weighted by Gasteiger charge is 1.73. The first kappa shape index (κ1) is 8.89. The number of hydrogen-bond donors (Lipinski definition) is 0. The maximum atomic E-state index is 3.96. The van der Waals surface area contributed by atoms with Crippen LogP contribution in [0.5, 0.6) is 0 Å². The molecule has 0 radical (unpaired) electrons. The third-order valence-electron chi connectivity index (χ3n) is 0.930. The van der Waals surface area contributed by atoms with Crippen molar-refractivity contribution in [1.82, 2.24) is 0 Å². The van der Waals surface area contributed by atoms with Gasteiger partial charge in [-0.3, -0.25) is 4.99 Å². The lowest BCUT2D eigenvalue weighted by molar-refractivity contribution is 1.21. The van der Waals surface area contributed by atoms with E-state index in [1.807, 2.05) is 6.08 Å². The Hall–Kier alpha value is -1.11. The zero-order valence-corrected chi connectivity index (χ0v) is 6.38. The van der Waals surface area contributed by atoms with Crippen molar-refractivity contribution < 1.29 is 0 Å². The molecular formula is C9H13N. The lowest BCUT2D eigenvalue weighted by Gasteiger charge is -1.81. The summed E-state index contributed by atoms with van der Waals surface area (Å²) in [6, 6.07) is 0. The van der Waals surface area contributed by atoms with Crippen LogP contribution in [0.15, 0.2) is 42.1 Å². The van der Waals surface area contributed by atoms with Gasteiger partial charge in [0.05, 0.1) is 0 Å². The average molecular weight is 135 g/mol. The van der Waals surface area contributed by atoms with Crippen LogP contribution in [0.1, 0.15) is 13.3 Å². The molecule has 0 aliphatic heterocycles. The van der Waals surface area contributed by atoms with Gasteiger partial charge in [-0.1, -0.05) is 32.2 Å². The molecule has 0 atom stereocenters. The molecular weight excluding hydrogens is 122 g/mol. The summed E-state index contributed by atoms with van der Waals surface area (Å²) >= 11 is 0. The molecule has 54 valence electrons. The molecule has 0 aromatic heterocycles. The molecule has 1 nitrogen and oxygen atoms in total. The van der Waals surface area contributed by atoms with E-state index in [1.54, 1.807) is 18.5 Å². The van der Waals surface area contributed by atoms with Crippen LogP contribution in [0.4, 0.5) is 0 Å². The third-order valence-corrected chi connectivity index (χ3v) is 0.930. The number of allylic oxidation sites excluding steroid dienone is 3. The van der Waals surface area contributed by atoms with Gasteiger partial charge >= 0.3 is 0 Å². The molecule has 0 fully saturated rings. The Balaban J connectivity index is 3.65. The molecule has 0 heterocycles. The second-order valence-electron chi connectivity index (χ2n) is 1.85. The van der Waals surface area contributed by atoms with E-state index in [0.717, 1.165) is 12.0 Å². The number of nitrogens with zero attached hydrogens (tertiary/aromatic N) is 1. The second kappa shape index (κ2) is 6.02. The lowest BCUT2D eigenvalue weighted by Crippen LogP contribution is -1.72. The molecule has 0 amide bonds. The van der Waals surface area contributed by atoms with E-state index >= 15 is 0 Å². The van der Waals surface area contributed by atoms with Gasteiger partial charge < -0.3 is 0 Å². The first-order valence-electron chi connectivity index (χ1n) is 3.30. The Bertz CT molecular complexity index is 164. The predicted octanol–water partition coefficient (Wildman–Crippen LogP) is 2.72. The van der Waals surface area contributed by atoms with E-state index in [-0.39, 0.29) is 0 Å². The first-order chi connectivity index (χ1) is 4.81. The zero-order valence-electron chi connectivity index (χ0n) is 6.38. The third kappa shape index (κ3) is 5.04. The van der Waals surface area contributed by atoms with E-state index in [2.05, 4.69) is 25.1 Å². The van der Waals surface area contributed by atoms with Gasteiger partial charge in [-0.15, -0.1) is 0 Å². The van der Waals surface area contributed by atoms with Crippen LogP contribution in [-0.2, 0) is 0 Å². The Morgan fingerprint density at radius 2 is 2.30 bits per heavy atom. The number of hydrogen-bond acceptors (Lipinski definition) is 1. The Morgan fingerprint density at radius 1 is 1.60 bits per heavy atom. The molecule has 0 saturated heterocycles. The fourth-order valence-corrected chi connectivity index (χ4v) is 0.358. The highest BCUT2D eigenvalue weighted by Crippen LogP contribution is 1.86. The van der Waals surface area contributed by atoms with Gasteiger partial charge in [0.15, 0.2) is 0 Å². The molecule has 0 spiro atoms. The van der Waals surface area contributed by atoms with Gasteiger partial charge in [0.2, 0.25) is 0 Å². The topological polar surface area (TPSA) is 12.4 Å². The average Bonchev–Trinajstić information content (AvgIpc) is 1.98. The number of aliphatic imine (C=N–C) groups is 1. The first-order valence-corrected chi connectivity index (χ1v) is 3.30. The van der Waals surface area contributed by atoms with Crippen molar-refractivity contribution in [2.75, 3.05) is 0 Å². The van der Waals surface area contributed by atoms with E-state index in [0.29, 0.717) is 0 Å². The highest BCUT2D eigenvalue weighted by molar-refractivity contribution is 5.81. The van der Waals surface area contributed by atoms with Crippen LogP contribution in [-0.4, -0.2) is 6.21 Å². The normalized spacial score (nSPS) is 10.9. The van der Waals surface area contributed by atoms with Crippen LogP contribution in [0, 0.1) is 0 Å². The minimum atomic E-state index is 0.834. The van der Waals surface area contributed by atoms with Crippen LogP contribution < -0.4 is 0 Å². The van der Waals surface area contributed by atoms with Gasteiger partial charge in [0.25, 0.3) is 0 Å². The monoisotopic (exact) mass is 135 g/mol. The van der Waals surface area contributed by atoms with Gasteiger partial charge in [-0.05, 0) is 12.0 Å². The molecule has 0 rings (SSSR count). The van der Waals surface area contributed by atoms with Gasteiger partial charge in [0.1, 0.15) is 0 Å². The van der Waals surface area contributed by atoms with Crippen LogP contribution in [0.3, 0.4) is 0 Å². The molecule has 0 unspecified atom stereocenters. The van der Waals surface area contributed by atoms with Gasteiger partial charge in [-0.2, -0.15) is 0 Å². The van der Waals surface area contributed by atoms with Crippen molar-refractivity contribution in [2.24, 2.45) is 4.99 Å². The zero-order chi connectivity index (χ0) is 7.82. The van der Waals surface area contributed by atoms with E-state index < -0.39 is 0 Å². The van der Waals surface area contributed by atoms with Crippen LogP contribution >= 0.6 is 0 Å². The minimum absolute atomic E-state index is 0.834. The molecule has 0 aromatic rings. The van der Waals surface area contributed by atoms with Crippen molar-refractivity contribution in [1.29, 1.82) is 0 Å². The molecule has 0 saturated carbocycles. The Labute approximate surface area is 62.5 Å².